The second kappa shape index (κ2) is 8.71. The molecule has 0 saturated heterocycles. The predicted octanol–water partition coefficient (Wildman–Crippen LogP) is 3.91. The molecule has 138 valence electrons. The monoisotopic (exact) mass is 355 g/mol. The molecule has 6 nitrogen and oxygen atoms in total. The van der Waals surface area contributed by atoms with Crippen molar-refractivity contribution in [3.63, 3.8) is 0 Å². The Hall–Kier alpha value is -3.28. The van der Waals surface area contributed by atoms with Crippen molar-refractivity contribution in [3.8, 4) is 16.8 Å². The van der Waals surface area contributed by atoms with Gasteiger partial charge in [0.1, 0.15) is 6.67 Å². The molecule has 0 aliphatic carbocycles. The summed E-state index contributed by atoms with van der Waals surface area (Å²) in [7, 11) is 0. The zero-order chi connectivity index (χ0) is 19.1. The van der Waals surface area contributed by atoms with E-state index in [1.165, 1.54) is 11.7 Å². The van der Waals surface area contributed by atoms with Crippen molar-refractivity contribution in [1.29, 1.82) is 0 Å². The van der Waals surface area contributed by atoms with Crippen LogP contribution in [0.4, 0.5) is 0 Å². The lowest BCUT2D eigenvalue weighted by Gasteiger charge is -2.03. The largest absolute Gasteiger partial charge is 0.365 e. The first-order chi connectivity index (χ1) is 12.6. The highest BCUT2D eigenvalue weighted by Gasteiger charge is 2.10. The summed E-state index contributed by atoms with van der Waals surface area (Å²) in [6.07, 6.45) is 7.29. The Morgan fingerprint density at radius 1 is 1.23 bits per heavy atom. The molecule has 0 aliphatic heterocycles. The lowest BCUT2D eigenvalue weighted by Crippen LogP contribution is -2.22. The molecule has 0 fully saturated rings. The first-order valence-corrected chi connectivity index (χ1v) is 8.43. The van der Waals surface area contributed by atoms with Crippen LogP contribution in [0, 0.1) is 0 Å². The van der Waals surface area contributed by atoms with E-state index >= 15 is 0 Å². The van der Waals surface area contributed by atoms with E-state index in [1.807, 2.05) is 61.1 Å². The van der Waals surface area contributed by atoms with Crippen molar-refractivity contribution in [2.75, 3.05) is 0 Å². The smallest absolute Gasteiger partial charge is 0.336 e. The number of hydrogen-bond donors (Lipinski definition) is 1. The Labute approximate surface area is 153 Å². The number of carbonyl (C=O) groups is 1. The van der Waals surface area contributed by atoms with Gasteiger partial charge in [0, 0.05) is 26.4 Å². The minimum Gasteiger partial charge on any atom is -0.336 e. The second-order valence-corrected chi connectivity index (χ2v) is 5.33. The maximum atomic E-state index is 12.0. The summed E-state index contributed by atoms with van der Waals surface area (Å²) >= 11 is 0. The Morgan fingerprint density at radius 2 is 1.92 bits per heavy atom. The van der Waals surface area contributed by atoms with Crippen molar-refractivity contribution in [2.24, 2.45) is 0 Å². The molecule has 0 spiro atoms. The molecule has 3 rings (SSSR count). The molecule has 1 aromatic carbocycles. The molecule has 2 heterocycles. The second-order valence-electron chi connectivity index (χ2n) is 5.33. The Morgan fingerprint density at radius 3 is 2.50 bits per heavy atom. The van der Waals surface area contributed by atoms with Gasteiger partial charge in [0.25, 0.3) is 0 Å². The first kappa shape index (κ1) is 19.1. The highest BCUT2D eigenvalue weighted by molar-refractivity contribution is 5.72. The lowest BCUT2D eigenvalue weighted by atomic mass is 10.1. The maximum Gasteiger partial charge on any atom is 0.365 e. The van der Waals surface area contributed by atoms with Crippen LogP contribution in [0.5, 0.6) is 0 Å². The van der Waals surface area contributed by atoms with Crippen molar-refractivity contribution < 1.29 is 10.7 Å². The van der Waals surface area contributed by atoms with Gasteiger partial charge in [-0.1, -0.05) is 38.6 Å². The average Bonchev–Trinajstić information content (AvgIpc) is 3.28. The van der Waals surface area contributed by atoms with E-state index in [0.717, 1.165) is 16.8 Å². The zero-order valence-corrected chi connectivity index (χ0v) is 15.2. The van der Waals surface area contributed by atoms with Crippen molar-refractivity contribution in [2.45, 2.75) is 27.4 Å². The molecule has 2 aromatic heterocycles. The zero-order valence-electron chi connectivity index (χ0n) is 15.2. The fraction of sp³-hybridized carbons (Fsp3) is 0.200. The summed E-state index contributed by atoms with van der Waals surface area (Å²) in [5.41, 5.74) is 2.78. The number of aromatic nitrogens is 2. The van der Waals surface area contributed by atoms with E-state index in [1.54, 1.807) is 12.3 Å². The Bertz CT molecular complexity index is 936. The van der Waals surface area contributed by atoms with Gasteiger partial charge in [0.15, 0.2) is 0 Å². The Balaban J connectivity index is 0.00000118. The fourth-order valence-electron chi connectivity index (χ4n) is 2.35. The first-order valence-electron chi connectivity index (χ1n) is 8.43. The summed E-state index contributed by atoms with van der Waals surface area (Å²) in [6.45, 7) is 9.27. The van der Waals surface area contributed by atoms with E-state index in [-0.39, 0.29) is 14.0 Å². The van der Waals surface area contributed by atoms with Crippen molar-refractivity contribution in [3.05, 3.63) is 71.5 Å². The molecule has 1 amide bonds. The highest BCUT2D eigenvalue weighted by atomic mass is 16.5. The van der Waals surface area contributed by atoms with Gasteiger partial charge in [0.2, 0.25) is 5.91 Å². The molecule has 0 bridgehead atoms. The summed E-state index contributed by atoms with van der Waals surface area (Å²) in [5, 5.41) is 2.57. The fourth-order valence-corrected chi connectivity index (χ4v) is 2.35. The van der Waals surface area contributed by atoms with Crippen LogP contribution in [0.2, 0.25) is 0 Å². The molecular weight excluding hydrogens is 330 g/mol. The molecule has 6 heteroatoms. The van der Waals surface area contributed by atoms with E-state index in [2.05, 4.69) is 11.9 Å². The summed E-state index contributed by atoms with van der Waals surface area (Å²) in [6, 6.07) is 9.53. The van der Waals surface area contributed by atoms with Gasteiger partial charge in [-0.2, -0.15) is 4.74 Å². The molecule has 0 unspecified atom stereocenters. The van der Waals surface area contributed by atoms with Crippen LogP contribution < -0.4 is 10.9 Å². The molecule has 1 N–H and O–H groups in total. The number of hydrogen-bond acceptors (Lipinski definition) is 3. The normalized spacial score (nSPS) is 9.96. The SMILES string of the molecule is C=Cc1ccn(-c2ccc(-c3cn(CNC(C)=O)oc3=O)cc2)c1.CC.[HH]. The van der Waals surface area contributed by atoms with Gasteiger partial charge in [-0.15, -0.1) is 0 Å². The van der Waals surface area contributed by atoms with Gasteiger partial charge in [-0.25, -0.2) is 4.79 Å². The molecular formula is C20H25N3O3. The highest BCUT2D eigenvalue weighted by Crippen LogP contribution is 2.19. The van der Waals surface area contributed by atoms with E-state index in [0.29, 0.717) is 5.56 Å². The van der Waals surface area contributed by atoms with E-state index in [9.17, 15) is 9.59 Å². The van der Waals surface area contributed by atoms with Crippen LogP contribution in [0.3, 0.4) is 0 Å². The molecule has 0 radical (unpaired) electrons. The molecule has 3 aromatic rings. The maximum absolute atomic E-state index is 12.0. The number of carbonyl (C=O) groups excluding carboxylic acids is 1. The number of amides is 1. The molecule has 0 aliphatic rings. The topological polar surface area (TPSA) is 69.2 Å². The van der Waals surface area contributed by atoms with Crippen LogP contribution in [0.25, 0.3) is 22.9 Å². The Kier molecular flexibility index (Phi) is 6.38. The van der Waals surface area contributed by atoms with Crippen LogP contribution in [-0.4, -0.2) is 15.2 Å². The number of nitrogens with zero attached hydrogens (tertiary/aromatic N) is 2. The summed E-state index contributed by atoms with van der Waals surface area (Å²) < 4.78 is 8.36. The number of rotatable bonds is 5. The third-order valence-corrected chi connectivity index (χ3v) is 3.60. The van der Waals surface area contributed by atoms with Gasteiger partial charge in [-0.3, -0.25) is 4.79 Å². The number of nitrogens with one attached hydrogen (secondary N) is 1. The van der Waals surface area contributed by atoms with Gasteiger partial charge < -0.3 is 14.4 Å². The number of benzene rings is 1. The predicted molar refractivity (Wildman–Crippen MR) is 105 cm³/mol. The molecule has 0 atom stereocenters. The van der Waals surface area contributed by atoms with Crippen LogP contribution in [0.15, 0.2) is 64.8 Å². The van der Waals surface area contributed by atoms with Gasteiger partial charge in [-0.05, 0) is 29.3 Å². The average molecular weight is 355 g/mol. The summed E-state index contributed by atoms with van der Waals surface area (Å²) in [4.78, 5) is 22.9. The van der Waals surface area contributed by atoms with Crippen LogP contribution in [0.1, 0.15) is 27.8 Å². The van der Waals surface area contributed by atoms with Crippen LogP contribution in [-0.2, 0) is 11.5 Å². The van der Waals surface area contributed by atoms with Crippen LogP contribution >= 0.6 is 0 Å². The van der Waals surface area contributed by atoms with Crippen molar-refractivity contribution >= 4 is 12.0 Å². The van der Waals surface area contributed by atoms with Gasteiger partial charge >= 0.3 is 5.63 Å². The standard InChI is InChI=1S/C18H17N3O3.C2H6.H2/c1-3-14-8-9-20(10-14)16-6-4-15(5-7-16)17-11-21(24-18(17)23)12-19-13(2)22;1-2;/h3-11H,1,12H2,2H3,(H,19,22);1-2H3;1H. The third kappa shape index (κ3) is 4.42. The lowest BCUT2D eigenvalue weighted by molar-refractivity contribution is -0.119. The quantitative estimate of drug-likeness (QED) is 0.754. The molecule has 0 saturated carbocycles. The van der Waals surface area contributed by atoms with E-state index in [4.69, 9.17) is 4.52 Å². The minimum atomic E-state index is -0.442. The summed E-state index contributed by atoms with van der Waals surface area (Å²) in [5.74, 6) is -0.192. The van der Waals surface area contributed by atoms with Gasteiger partial charge in [0.05, 0.1) is 11.8 Å². The van der Waals surface area contributed by atoms with Crippen molar-refractivity contribution in [1.82, 2.24) is 14.6 Å². The minimum absolute atomic E-state index is 0. The molecule has 26 heavy (non-hydrogen) atoms. The third-order valence-electron chi connectivity index (χ3n) is 3.60. The van der Waals surface area contributed by atoms with E-state index < -0.39 is 5.63 Å².